The number of furan rings is 1. The van der Waals surface area contributed by atoms with Gasteiger partial charge in [-0.2, -0.15) is 0 Å². The summed E-state index contributed by atoms with van der Waals surface area (Å²) in [6.45, 7) is 6.83. The Labute approximate surface area is 188 Å². The van der Waals surface area contributed by atoms with Crippen molar-refractivity contribution in [2.24, 2.45) is 7.05 Å². The Morgan fingerprint density at radius 1 is 0.750 bits per heavy atom. The number of hydrogen-bond donors (Lipinski definition) is 0. The van der Waals surface area contributed by atoms with Gasteiger partial charge in [-0.15, -0.1) is 0 Å². The van der Waals surface area contributed by atoms with Crippen LogP contribution < -0.4 is 0 Å². The van der Waals surface area contributed by atoms with Crippen LogP contribution in [0, 0.1) is 6.92 Å². The lowest BCUT2D eigenvalue weighted by Crippen LogP contribution is -1.98. The number of nitrogens with zero attached hydrogens (tertiary/aromatic N) is 1. The molecule has 6 rings (SSSR count). The van der Waals surface area contributed by atoms with Crippen LogP contribution in [0.2, 0.25) is 0 Å². The Morgan fingerprint density at radius 3 is 2.28 bits per heavy atom. The second-order valence-electron chi connectivity index (χ2n) is 9.10. The fourth-order valence-electron chi connectivity index (χ4n) is 5.22. The first-order valence-electron chi connectivity index (χ1n) is 11.5. The molecule has 2 aromatic heterocycles. The Bertz CT molecular complexity index is 1650. The number of rotatable bonds is 3. The molecule has 0 radical (unpaired) electrons. The minimum atomic E-state index is 0.493. The molecule has 4 aromatic carbocycles. The van der Waals surface area contributed by atoms with Crippen molar-refractivity contribution in [1.29, 1.82) is 0 Å². The van der Waals surface area contributed by atoms with Crippen molar-refractivity contribution in [3.63, 3.8) is 0 Å². The summed E-state index contributed by atoms with van der Waals surface area (Å²) in [5, 5.41) is 4.95. The van der Waals surface area contributed by atoms with Crippen molar-refractivity contribution in [1.82, 2.24) is 4.57 Å². The normalized spacial score (nSPS) is 13.0. The fraction of sp³-hybridized carbons (Fsp3) is 0.200. The highest BCUT2D eigenvalue weighted by molar-refractivity contribution is 6.17. The second-order valence-corrected chi connectivity index (χ2v) is 9.10. The smallest absolute Gasteiger partial charge is 0.137 e. The molecule has 6 aromatic rings. The number of aromatic nitrogens is 1. The van der Waals surface area contributed by atoms with Crippen molar-refractivity contribution < 1.29 is 4.42 Å². The van der Waals surface area contributed by atoms with Gasteiger partial charge in [0.15, 0.2) is 0 Å². The van der Waals surface area contributed by atoms with Crippen LogP contribution >= 0.6 is 0 Å². The van der Waals surface area contributed by atoms with Crippen LogP contribution in [0.15, 0.2) is 77.2 Å². The van der Waals surface area contributed by atoms with E-state index in [4.69, 9.17) is 4.42 Å². The van der Waals surface area contributed by atoms with Gasteiger partial charge in [-0.3, -0.25) is 0 Å². The van der Waals surface area contributed by atoms with E-state index in [2.05, 4.69) is 93.0 Å². The van der Waals surface area contributed by atoms with Crippen LogP contribution in [0.25, 0.3) is 54.9 Å². The minimum absolute atomic E-state index is 0.493. The van der Waals surface area contributed by atoms with Crippen molar-refractivity contribution >= 4 is 43.7 Å². The second kappa shape index (κ2) is 7.00. The third-order valence-electron chi connectivity index (χ3n) is 7.25. The summed E-state index contributed by atoms with van der Waals surface area (Å²) in [7, 11) is 2.17. The molecule has 2 heteroatoms. The fourth-order valence-corrected chi connectivity index (χ4v) is 5.22. The molecule has 1 atom stereocenters. The van der Waals surface area contributed by atoms with Gasteiger partial charge in [-0.05, 0) is 65.8 Å². The van der Waals surface area contributed by atoms with Gasteiger partial charge >= 0.3 is 0 Å². The topological polar surface area (TPSA) is 18.1 Å². The van der Waals surface area contributed by atoms with E-state index >= 15 is 0 Å². The number of hydrogen-bond acceptors (Lipinski definition) is 1. The molecule has 1 unspecified atom stereocenters. The number of benzene rings is 4. The van der Waals surface area contributed by atoms with E-state index in [1.54, 1.807) is 0 Å². The zero-order valence-electron chi connectivity index (χ0n) is 19.1. The van der Waals surface area contributed by atoms with Gasteiger partial charge in [-0.1, -0.05) is 56.3 Å². The third-order valence-corrected chi connectivity index (χ3v) is 7.25. The summed E-state index contributed by atoms with van der Waals surface area (Å²) in [5.41, 5.74) is 9.82. The van der Waals surface area contributed by atoms with Crippen LogP contribution in [0.1, 0.15) is 37.3 Å². The number of aryl methyl sites for hydroxylation is 2. The van der Waals surface area contributed by atoms with Gasteiger partial charge in [0, 0.05) is 40.2 Å². The first-order chi connectivity index (χ1) is 15.6. The first kappa shape index (κ1) is 19.2. The van der Waals surface area contributed by atoms with E-state index in [-0.39, 0.29) is 0 Å². The van der Waals surface area contributed by atoms with E-state index in [9.17, 15) is 0 Å². The van der Waals surface area contributed by atoms with Crippen molar-refractivity contribution in [2.45, 2.75) is 33.1 Å². The van der Waals surface area contributed by atoms with E-state index in [1.165, 1.54) is 54.8 Å². The van der Waals surface area contributed by atoms with E-state index in [1.807, 2.05) is 12.1 Å². The lowest BCUT2D eigenvalue weighted by atomic mass is 9.87. The highest BCUT2D eigenvalue weighted by Crippen LogP contribution is 2.41. The molecule has 0 aliphatic carbocycles. The Balaban J connectivity index is 1.75. The van der Waals surface area contributed by atoms with Crippen LogP contribution in [-0.2, 0) is 7.05 Å². The summed E-state index contributed by atoms with van der Waals surface area (Å²) in [5.74, 6) is 0.493. The lowest BCUT2D eigenvalue weighted by Gasteiger charge is -2.18. The standard InChI is InChI=1S/C30H27NO/c1-5-18(2)22-16-27-24(14-23(22)20-11-7-6-10-19(20)3)25-15-26-21-12-8-9-13-29(21)32-30(26)17-28(25)31(27)4/h6-18H,5H2,1-4H3. The minimum Gasteiger partial charge on any atom is -0.456 e. The number of para-hydroxylation sites is 1. The molecular weight excluding hydrogens is 390 g/mol. The predicted octanol–water partition coefficient (Wildman–Crippen LogP) is 8.72. The van der Waals surface area contributed by atoms with E-state index < -0.39 is 0 Å². The maximum Gasteiger partial charge on any atom is 0.137 e. The molecule has 0 amide bonds. The third kappa shape index (κ3) is 2.65. The van der Waals surface area contributed by atoms with Gasteiger partial charge in [0.2, 0.25) is 0 Å². The first-order valence-corrected chi connectivity index (χ1v) is 11.5. The average Bonchev–Trinajstić information content (AvgIpc) is 3.31. The van der Waals surface area contributed by atoms with Gasteiger partial charge in [0.05, 0.1) is 5.52 Å². The molecule has 0 N–H and O–H groups in total. The lowest BCUT2D eigenvalue weighted by molar-refractivity contribution is 0.669. The molecule has 0 saturated heterocycles. The van der Waals surface area contributed by atoms with Gasteiger partial charge in [-0.25, -0.2) is 0 Å². The highest BCUT2D eigenvalue weighted by atomic mass is 16.3. The summed E-state index contributed by atoms with van der Waals surface area (Å²) >= 11 is 0. The molecule has 0 aliphatic rings. The van der Waals surface area contributed by atoms with Gasteiger partial charge < -0.3 is 8.98 Å². The van der Waals surface area contributed by atoms with Crippen molar-refractivity contribution in [3.8, 4) is 11.1 Å². The molecule has 0 fully saturated rings. The van der Waals surface area contributed by atoms with Crippen LogP contribution in [0.3, 0.4) is 0 Å². The summed E-state index contributed by atoms with van der Waals surface area (Å²) < 4.78 is 8.51. The molecule has 0 bridgehead atoms. The maximum absolute atomic E-state index is 6.19. The quantitative estimate of drug-likeness (QED) is 0.281. The zero-order valence-corrected chi connectivity index (χ0v) is 19.1. The molecule has 0 saturated carbocycles. The molecule has 158 valence electrons. The molecule has 2 heterocycles. The SMILES string of the molecule is CCC(C)c1cc2c(cc1-c1ccccc1C)c1cc3c(cc1n2C)oc1ccccc13. The van der Waals surface area contributed by atoms with E-state index in [0.29, 0.717) is 5.92 Å². The van der Waals surface area contributed by atoms with Crippen molar-refractivity contribution in [2.75, 3.05) is 0 Å². The zero-order chi connectivity index (χ0) is 22.0. The van der Waals surface area contributed by atoms with Gasteiger partial charge in [0.1, 0.15) is 11.2 Å². The Kier molecular flexibility index (Phi) is 4.19. The average molecular weight is 418 g/mol. The van der Waals surface area contributed by atoms with Crippen LogP contribution in [-0.4, -0.2) is 4.57 Å². The summed E-state index contributed by atoms with van der Waals surface area (Å²) in [6, 6.07) is 26.4. The number of fused-ring (bicyclic) bond motifs is 6. The Morgan fingerprint density at radius 2 is 1.47 bits per heavy atom. The molecular formula is C30H27NO. The van der Waals surface area contributed by atoms with E-state index in [0.717, 1.165) is 17.6 Å². The largest absolute Gasteiger partial charge is 0.456 e. The Hall–Kier alpha value is -3.52. The highest BCUT2D eigenvalue weighted by Gasteiger charge is 2.19. The predicted molar refractivity (Wildman–Crippen MR) is 137 cm³/mol. The summed E-state index contributed by atoms with van der Waals surface area (Å²) in [4.78, 5) is 0. The molecule has 32 heavy (non-hydrogen) atoms. The molecule has 2 nitrogen and oxygen atoms in total. The van der Waals surface area contributed by atoms with Gasteiger partial charge in [0.25, 0.3) is 0 Å². The molecule has 0 aliphatic heterocycles. The maximum atomic E-state index is 6.19. The summed E-state index contributed by atoms with van der Waals surface area (Å²) in [6.07, 6.45) is 1.12. The van der Waals surface area contributed by atoms with Crippen LogP contribution in [0.5, 0.6) is 0 Å². The molecule has 0 spiro atoms. The monoisotopic (exact) mass is 417 g/mol. The van der Waals surface area contributed by atoms with Crippen molar-refractivity contribution in [3.05, 3.63) is 83.9 Å². The van der Waals surface area contributed by atoms with Crippen LogP contribution in [0.4, 0.5) is 0 Å².